The van der Waals surface area contributed by atoms with E-state index in [0.29, 0.717) is 6.07 Å². The summed E-state index contributed by atoms with van der Waals surface area (Å²) >= 11 is 5.48. The van der Waals surface area contributed by atoms with Crippen LogP contribution in [0.25, 0.3) is 0 Å². The van der Waals surface area contributed by atoms with Crippen LogP contribution in [0.5, 0.6) is 0 Å². The number of carbonyl (C=O) groups excluding carboxylic acids is 2. The van der Waals surface area contributed by atoms with E-state index in [2.05, 4.69) is 10.3 Å². The summed E-state index contributed by atoms with van der Waals surface area (Å²) in [6, 6.07) is 7.48. The lowest BCUT2D eigenvalue weighted by atomic mass is 10.2. The van der Waals surface area contributed by atoms with E-state index in [1.807, 2.05) is 0 Å². The van der Waals surface area contributed by atoms with Crippen molar-refractivity contribution in [3.63, 3.8) is 0 Å². The largest absolute Gasteiger partial charge is 0.451 e. The van der Waals surface area contributed by atoms with Gasteiger partial charge in [-0.2, -0.15) is 13.2 Å². The summed E-state index contributed by atoms with van der Waals surface area (Å²) < 4.78 is 42.9. The number of ether oxygens (including phenoxy) is 1. The van der Waals surface area contributed by atoms with Crippen molar-refractivity contribution >= 4 is 29.2 Å². The van der Waals surface area contributed by atoms with E-state index in [1.165, 1.54) is 18.3 Å². The number of hydrogen-bond donors (Lipinski definition) is 1. The quantitative estimate of drug-likeness (QED) is 0.849. The number of anilines is 1. The van der Waals surface area contributed by atoms with Gasteiger partial charge in [0.25, 0.3) is 5.91 Å². The SMILES string of the molecule is O=C(COC(=O)c1ccccn1)Nc1ccc(Cl)c(C(F)(F)F)c1. The molecule has 0 unspecified atom stereocenters. The van der Waals surface area contributed by atoms with Crippen LogP contribution >= 0.6 is 11.6 Å². The molecule has 2 rings (SSSR count). The van der Waals surface area contributed by atoms with E-state index >= 15 is 0 Å². The van der Waals surface area contributed by atoms with Gasteiger partial charge < -0.3 is 10.1 Å². The smallest absolute Gasteiger partial charge is 0.417 e. The summed E-state index contributed by atoms with van der Waals surface area (Å²) in [5, 5.41) is 1.71. The predicted octanol–water partition coefficient (Wildman–Crippen LogP) is 3.55. The first kappa shape index (κ1) is 17.7. The summed E-state index contributed by atoms with van der Waals surface area (Å²) in [5.74, 6) is -1.62. The van der Waals surface area contributed by atoms with Crippen LogP contribution in [0.1, 0.15) is 16.1 Å². The third kappa shape index (κ3) is 4.69. The van der Waals surface area contributed by atoms with Gasteiger partial charge in [0.15, 0.2) is 6.61 Å². The Morgan fingerprint density at radius 2 is 1.96 bits per heavy atom. The molecule has 0 bridgehead atoms. The molecule has 0 fully saturated rings. The number of pyridine rings is 1. The second kappa shape index (κ2) is 7.31. The second-order valence-electron chi connectivity index (χ2n) is 4.53. The lowest BCUT2D eigenvalue weighted by Crippen LogP contribution is -2.21. The number of amides is 1. The minimum Gasteiger partial charge on any atom is -0.451 e. The summed E-state index contributed by atoms with van der Waals surface area (Å²) in [7, 11) is 0. The van der Waals surface area contributed by atoms with Crippen LogP contribution in [0, 0.1) is 0 Å². The van der Waals surface area contributed by atoms with E-state index in [9.17, 15) is 22.8 Å². The highest BCUT2D eigenvalue weighted by Crippen LogP contribution is 2.36. The highest BCUT2D eigenvalue weighted by atomic mass is 35.5. The number of nitrogens with zero attached hydrogens (tertiary/aromatic N) is 1. The number of benzene rings is 1. The van der Waals surface area contributed by atoms with Crippen LogP contribution in [0.4, 0.5) is 18.9 Å². The standard InChI is InChI=1S/C15H10ClF3N2O3/c16-11-5-4-9(7-10(11)15(17,18)19)21-13(22)8-24-14(23)12-3-1-2-6-20-12/h1-7H,8H2,(H,21,22). The molecule has 0 saturated heterocycles. The number of aromatic nitrogens is 1. The molecular formula is C15H10ClF3N2O3. The highest BCUT2D eigenvalue weighted by Gasteiger charge is 2.33. The Morgan fingerprint density at radius 3 is 2.58 bits per heavy atom. The molecule has 1 heterocycles. The van der Waals surface area contributed by atoms with Gasteiger partial charge in [0.1, 0.15) is 5.69 Å². The Balaban J connectivity index is 1.97. The number of esters is 1. The first-order chi connectivity index (χ1) is 11.3. The van der Waals surface area contributed by atoms with E-state index < -0.39 is 35.2 Å². The average molecular weight is 359 g/mol. The molecule has 1 N–H and O–H groups in total. The van der Waals surface area contributed by atoms with Crippen molar-refractivity contribution in [2.45, 2.75) is 6.18 Å². The number of nitrogens with one attached hydrogen (secondary N) is 1. The topological polar surface area (TPSA) is 68.3 Å². The first-order valence-electron chi connectivity index (χ1n) is 6.52. The molecule has 0 atom stereocenters. The number of hydrogen-bond acceptors (Lipinski definition) is 4. The van der Waals surface area contributed by atoms with Crippen molar-refractivity contribution in [1.29, 1.82) is 0 Å². The summed E-state index contributed by atoms with van der Waals surface area (Å²) in [6.07, 6.45) is -3.27. The van der Waals surface area contributed by atoms with Crippen molar-refractivity contribution < 1.29 is 27.5 Å². The first-order valence-corrected chi connectivity index (χ1v) is 6.90. The third-order valence-electron chi connectivity index (χ3n) is 2.76. The predicted molar refractivity (Wildman–Crippen MR) is 79.6 cm³/mol. The number of alkyl halides is 3. The van der Waals surface area contributed by atoms with Crippen LogP contribution in [0.15, 0.2) is 42.6 Å². The van der Waals surface area contributed by atoms with Gasteiger partial charge in [-0.15, -0.1) is 0 Å². The minimum atomic E-state index is -4.65. The van der Waals surface area contributed by atoms with Gasteiger partial charge in [-0.05, 0) is 30.3 Å². The average Bonchev–Trinajstić information content (AvgIpc) is 2.54. The van der Waals surface area contributed by atoms with E-state index in [4.69, 9.17) is 16.3 Å². The summed E-state index contributed by atoms with van der Waals surface area (Å²) in [5.41, 5.74) is -1.19. The summed E-state index contributed by atoms with van der Waals surface area (Å²) in [6.45, 7) is -0.667. The lowest BCUT2D eigenvalue weighted by molar-refractivity contribution is -0.137. The zero-order valence-electron chi connectivity index (χ0n) is 11.9. The molecule has 0 aliphatic carbocycles. The molecule has 5 nitrogen and oxygen atoms in total. The summed E-state index contributed by atoms with van der Waals surface area (Å²) in [4.78, 5) is 27.0. The fourth-order valence-electron chi connectivity index (χ4n) is 1.71. The van der Waals surface area contributed by atoms with Crippen LogP contribution in [-0.4, -0.2) is 23.5 Å². The van der Waals surface area contributed by atoms with Gasteiger partial charge in [-0.25, -0.2) is 9.78 Å². The van der Waals surface area contributed by atoms with Gasteiger partial charge >= 0.3 is 12.1 Å². The molecule has 1 aromatic heterocycles. The Hall–Kier alpha value is -2.61. The molecule has 24 heavy (non-hydrogen) atoms. The number of halogens is 4. The Labute approximate surface area is 139 Å². The normalized spacial score (nSPS) is 11.0. The zero-order valence-corrected chi connectivity index (χ0v) is 12.7. The molecule has 1 aromatic carbocycles. The molecule has 9 heteroatoms. The van der Waals surface area contributed by atoms with Gasteiger partial charge in [-0.1, -0.05) is 17.7 Å². The second-order valence-corrected chi connectivity index (χ2v) is 4.94. The van der Waals surface area contributed by atoms with Gasteiger partial charge in [-0.3, -0.25) is 4.79 Å². The maximum atomic E-state index is 12.7. The monoisotopic (exact) mass is 358 g/mol. The van der Waals surface area contributed by atoms with Crippen LogP contribution in [0.3, 0.4) is 0 Å². The molecule has 0 aliphatic heterocycles. The van der Waals surface area contributed by atoms with Crippen LogP contribution in [-0.2, 0) is 15.7 Å². The molecule has 0 aliphatic rings. The fourth-order valence-corrected chi connectivity index (χ4v) is 1.93. The Kier molecular flexibility index (Phi) is 5.40. The maximum absolute atomic E-state index is 12.7. The maximum Gasteiger partial charge on any atom is 0.417 e. The van der Waals surface area contributed by atoms with Crippen molar-refractivity contribution in [2.24, 2.45) is 0 Å². The lowest BCUT2D eigenvalue weighted by Gasteiger charge is -2.11. The zero-order chi connectivity index (χ0) is 17.7. The molecule has 2 aromatic rings. The molecule has 126 valence electrons. The number of carbonyl (C=O) groups is 2. The van der Waals surface area contributed by atoms with Crippen molar-refractivity contribution in [1.82, 2.24) is 4.98 Å². The van der Waals surface area contributed by atoms with E-state index in [1.54, 1.807) is 12.1 Å². The van der Waals surface area contributed by atoms with Crippen molar-refractivity contribution in [3.8, 4) is 0 Å². The van der Waals surface area contributed by atoms with Crippen molar-refractivity contribution in [3.05, 3.63) is 58.9 Å². The fraction of sp³-hybridized carbons (Fsp3) is 0.133. The van der Waals surface area contributed by atoms with Crippen molar-refractivity contribution in [2.75, 3.05) is 11.9 Å². The Bertz CT molecular complexity index is 751. The molecular weight excluding hydrogens is 349 g/mol. The Morgan fingerprint density at radius 1 is 1.21 bits per heavy atom. The highest BCUT2D eigenvalue weighted by molar-refractivity contribution is 6.31. The van der Waals surface area contributed by atoms with E-state index in [-0.39, 0.29) is 11.4 Å². The molecule has 0 spiro atoms. The molecule has 0 saturated carbocycles. The van der Waals surface area contributed by atoms with E-state index in [0.717, 1.165) is 6.07 Å². The van der Waals surface area contributed by atoms with Gasteiger partial charge in [0.2, 0.25) is 0 Å². The molecule has 1 amide bonds. The minimum absolute atomic E-state index is 0.0103. The van der Waals surface area contributed by atoms with Gasteiger partial charge in [0.05, 0.1) is 10.6 Å². The van der Waals surface area contributed by atoms with Crippen LogP contribution in [0.2, 0.25) is 5.02 Å². The van der Waals surface area contributed by atoms with Crippen LogP contribution < -0.4 is 5.32 Å². The van der Waals surface area contributed by atoms with Gasteiger partial charge in [0, 0.05) is 11.9 Å². The third-order valence-corrected chi connectivity index (χ3v) is 3.09. The molecule has 0 radical (unpaired) electrons. The number of rotatable bonds is 4.